The molecule has 3 aromatic rings. The molecule has 4 aliphatic heterocycles. The van der Waals surface area contributed by atoms with Crippen LogP contribution in [0.15, 0.2) is 41.2 Å². The molecule has 0 aliphatic carbocycles. The molecule has 5 heterocycles. The number of imide groups is 1. The summed E-state index contributed by atoms with van der Waals surface area (Å²) in [5.74, 6) is -6.67. The fourth-order valence-corrected chi connectivity index (χ4v) is 10.6. The lowest BCUT2D eigenvalue weighted by Crippen LogP contribution is -2.62. The van der Waals surface area contributed by atoms with Crippen molar-refractivity contribution in [2.75, 3.05) is 26.2 Å². The Bertz CT molecular complexity index is 2780. The average molecular weight is 1050 g/mol. The maximum absolute atomic E-state index is 14.5. The van der Waals surface area contributed by atoms with Gasteiger partial charge < -0.3 is 46.2 Å². The largest absolute Gasteiger partial charge is 0.465 e. The minimum absolute atomic E-state index is 0.0186. The number of nitrogens with two attached hydrogens (primary N) is 1. The van der Waals surface area contributed by atoms with Crippen molar-refractivity contribution < 1.29 is 61.8 Å². The van der Waals surface area contributed by atoms with E-state index in [1.807, 2.05) is 18.2 Å². The van der Waals surface area contributed by atoms with E-state index in [2.05, 4.69) is 21.3 Å². The number of nitrogens with one attached hydrogen (secondary N) is 4. The van der Waals surface area contributed by atoms with Gasteiger partial charge in [0, 0.05) is 52.0 Å². The highest BCUT2D eigenvalue weighted by Crippen LogP contribution is 2.31. The highest BCUT2D eigenvalue weighted by Gasteiger charge is 2.47. The molecular formula is C51H66F2N10O12. The SMILES string of the molecule is Cn1c(=O)n(C2CCC(=O)NC2=O)c2ccc(CCCC3CCN(C(=O)C(Cc4ccc(F)c(F)c4)NC(=O)C(CCC(N)=O)NC(=O)[C@@H]4CC[C@@H]5CCN(C(=O)O)C[C@H](NC(=O)OC(C)(C)C)C(=O)N54)CC3)cc21. The van der Waals surface area contributed by atoms with Crippen LogP contribution in [0.1, 0.15) is 109 Å². The van der Waals surface area contributed by atoms with Crippen LogP contribution in [-0.2, 0) is 58.2 Å². The van der Waals surface area contributed by atoms with E-state index in [4.69, 9.17) is 10.5 Å². The number of piperidine rings is 2. The normalized spacial score (nSPS) is 21.4. The Hall–Kier alpha value is -7.40. The summed E-state index contributed by atoms with van der Waals surface area (Å²) in [4.78, 5) is 136. The molecule has 0 spiro atoms. The topological polar surface area (TPSA) is 294 Å². The van der Waals surface area contributed by atoms with E-state index in [0.717, 1.165) is 35.4 Å². The molecule has 0 radical (unpaired) electrons. The summed E-state index contributed by atoms with van der Waals surface area (Å²) in [5.41, 5.74) is 6.60. The monoisotopic (exact) mass is 1050 g/mol. The van der Waals surface area contributed by atoms with E-state index in [-0.39, 0.29) is 81.0 Å². The van der Waals surface area contributed by atoms with Gasteiger partial charge in [-0.1, -0.05) is 12.1 Å². The lowest BCUT2D eigenvalue weighted by atomic mass is 9.90. The number of nitrogens with zero attached hydrogens (tertiary/aromatic N) is 5. The number of ether oxygens (including phenoxy) is 1. The summed E-state index contributed by atoms with van der Waals surface area (Å²) in [6.45, 7) is 5.01. The van der Waals surface area contributed by atoms with Gasteiger partial charge in [0.2, 0.25) is 41.4 Å². The van der Waals surface area contributed by atoms with Crippen LogP contribution in [0.3, 0.4) is 0 Å². The first-order chi connectivity index (χ1) is 35.5. The van der Waals surface area contributed by atoms with E-state index >= 15 is 0 Å². The number of hydrogen-bond donors (Lipinski definition) is 6. The average Bonchev–Trinajstić information content (AvgIpc) is 3.87. The number of rotatable bonds is 16. The first kappa shape index (κ1) is 55.4. The molecule has 1 aromatic heterocycles. The van der Waals surface area contributed by atoms with Gasteiger partial charge in [-0.3, -0.25) is 48.0 Å². The molecule has 6 atom stereocenters. The van der Waals surface area contributed by atoms with E-state index in [1.165, 1.54) is 20.1 Å². The zero-order valence-electron chi connectivity index (χ0n) is 42.5. The molecule has 4 aliphatic rings. The van der Waals surface area contributed by atoms with Crippen LogP contribution >= 0.6 is 0 Å². The summed E-state index contributed by atoms with van der Waals surface area (Å²) >= 11 is 0. The summed E-state index contributed by atoms with van der Waals surface area (Å²) in [6, 6.07) is 1.90. The quantitative estimate of drug-likeness (QED) is 0.113. The Labute approximate surface area is 431 Å². The van der Waals surface area contributed by atoms with Gasteiger partial charge in [0.05, 0.1) is 17.6 Å². The number of hydrogen-bond acceptors (Lipinski definition) is 11. The second kappa shape index (κ2) is 23.4. The molecule has 22 nitrogen and oxygen atoms in total. The predicted molar refractivity (Wildman–Crippen MR) is 264 cm³/mol. The smallest absolute Gasteiger partial charge is 0.408 e. The predicted octanol–water partition coefficient (Wildman–Crippen LogP) is 2.27. The molecule has 0 saturated carbocycles. The van der Waals surface area contributed by atoms with Crippen LogP contribution in [0.25, 0.3) is 11.0 Å². The lowest BCUT2D eigenvalue weighted by Gasteiger charge is -2.38. The van der Waals surface area contributed by atoms with Crippen LogP contribution < -0.4 is 32.7 Å². The number of imidazole rings is 1. The van der Waals surface area contributed by atoms with Crippen LogP contribution in [-0.4, -0.2) is 144 Å². The van der Waals surface area contributed by atoms with Crippen molar-refractivity contribution in [3.8, 4) is 0 Å². The number of amides is 9. The number of halogens is 2. The summed E-state index contributed by atoms with van der Waals surface area (Å²) < 4.78 is 36.8. The van der Waals surface area contributed by atoms with Gasteiger partial charge >= 0.3 is 17.9 Å². The number of aryl methyl sites for hydroxylation is 2. The molecule has 3 unspecified atom stereocenters. The fourth-order valence-electron chi connectivity index (χ4n) is 10.6. The molecule has 2 aromatic carbocycles. The highest BCUT2D eigenvalue weighted by molar-refractivity contribution is 6.00. The number of carbonyl (C=O) groups excluding carboxylic acids is 8. The number of alkyl carbamates (subject to hydrolysis) is 1. The maximum atomic E-state index is 14.5. The Kier molecular flexibility index (Phi) is 17.3. The second-order valence-electron chi connectivity index (χ2n) is 21.0. The van der Waals surface area contributed by atoms with Gasteiger partial charge in [0.1, 0.15) is 35.8 Å². The van der Waals surface area contributed by atoms with Crippen molar-refractivity contribution in [2.45, 2.75) is 146 Å². The molecule has 75 heavy (non-hydrogen) atoms. The second-order valence-corrected chi connectivity index (χ2v) is 21.0. The summed E-state index contributed by atoms with van der Waals surface area (Å²) in [7, 11) is 1.64. The lowest BCUT2D eigenvalue weighted by molar-refractivity contribution is -0.144. The van der Waals surface area contributed by atoms with Gasteiger partial charge in [-0.05, 0) is 126 Å². The summed E-state index contributed by atoms with van der Waals surface area (Å²) in [6.07, 6.45) is 1.21. The highest BCUT2D eigenvalue weighted by atomic mass is 19.2. The van der Waals surface area contributed by atoms with Crippen LogP contribution in [0, 0.1) is 17.6 Å². The number of carbonyl (C=O) groups is 9. The standard InChI is InChI=1S/C51H66F2N10O12/c1-51(2,3)75-48(71)57-36-27-61(50(73)74)23-20-31-10-14-38(62(31)47(36)70)44(67)55-34(12-16-41(54)64)43(66)56-35(25-30-8-11-32(52)33(53)24-30)46(69)60-21-18-28(19-22-60)6-5-7-29-9-13-37-40(26-29)59(4)49(72)63(37)39-15-17-42(65)58-45(39)68/h8-9,11,13,24,26,28,31,34-36,38-39H,5-7,10,12,14-23,25,27H2,1-4H3,(H2,54,64)(H,55,67)(H,56,66)(H,57,71)(H,73,74)(H,58,65,68)/t31-,34?,35?,36+,38+,39?/m1/s1. The number of carboxylic acid groups (broad SMARTS) is 1. The Balaban J connectivity index is 1.01. The van der Waals surface area contributed by atoms with Crippen molar-refractivity contribution in [2.24, 2.45) is 18.7 Å². The molecular weight excluding hydrogens is 983 g/mol. The minimum atomic E-state index is -1.48. The molecule has 406 valence electrons. The maximum Gasteiger partial charge on any atom is 0.408 e. The van der Waals surface area contributed by atoms with Gasteiger partial charge in [-0.15, -0.1) is 0 Å². The minimum Gasteiger partial charge on any atom is -0.465 e. The third-order valence-electron chi connectivity index (χ3n) is 14.5. The van der Waals surface area contributed by atoms with E-state index in [0.29, 0.717) is 43.4 Å². The third kappa shape index (κ3) is 13.5. The summed E-state index contributed by atoms with van der Waals surface area (Å²) in [5, 5.41) is 20.0. The van der Waals surface area contributed by atoms with Crippen LogP contribution in [0.4, 0.5) is 18.4 Å². The molecule has 7 N–H and O–H groups in total. The van der Waals surface area contributed by atoms with Gasteiger partial charge in [0.15, 0.2) is 11.6 Å². The van der Waals surface area contributed by atoms with Crippen molar-refractivity contribution in [1.29, 1.82) is 0 Å². The number of benzene rings is 2. The van der Waals surface area contributed by atoms with E-state index < -0.39 is 108 Å². The fraction of sp³-hybridized carbons (Fsp3) is 0.569. The molecule has 9 amide bonds. The third-order valence-corrected chi connectivity index (χ3v) is 14.5. The first-order valence-corrected chi connectivity index (χ1v) is 25.4. The first-order valence-electron chi connectivity index (χ1n) is 25.4. The van der Waals surface area contributed by atoms with Gasteiger partial charge in [0.25, 0.3) is 0 Å². The molecule has 24 heteroatoms. The van der Waals surface area contributed by atoms with Crippen molar-refractivity contribution in [3.63, 3.8) is 0 Å². The van der Waals surface area contributed by atoms with Crippen LogP contribution in [0.5, 0.6) is 0 Å². The van der Waals surface area contributed by atoms with Gasteiger partial charge in [-0.25, -0.2) is 23.2 Å². The van der Waals surface area contributed by atoms with E-state index in [1.54, 1.807) is 32.7 Å². The Morgan fingerprint density at radius 3 is 2.23 bits per heavy atom. The van der Waals surface area contributed by atoms with Gasteiger partial charge in [-0.2, -0.15) is 0 Å². The zero-order valence-corrected chi connectivity index (χ0v) is 42.5. The van der Waals surface area contributed by atoms with Crippen molar-refractivity contribution in [1.82, 2.24) is 45.1 Å². The number of aromatic nitrogens is 2. The number of primary amides is 1. The number of likely N-dealkylation sites (tertiary alicyclic amines) is 1. The van der Waals surface area contributed by atoms with E-state index in [9.17, 15) is 61.8 Å². The molecule has 4 fully saturated rings. The molecule has 7 rings (SSSR count). The number of fused-ring (bicyclic) bond motifs is 2. The Morgan fingerprint density at radius 1 is 0.853 bits per heavy atom. The molecule has 0 bridgehead atoms. The Morgan fingerprint density at radius 2 is 1.56 bits per heavy atom. The zero-order chi connectivity index (χ0) is 54.5. The molecule has 4 saturated heterocycles. The van der Waals surface area contributed by atoms with Crippen molar-refractivity contribution >= 4 is 64.6 Å². The van der Waals surface area contributed by atoms with Crippen LogP contribution in [0.2, 0.25) is 0 Å². The van der Waals surface area contributed by atoms with Crippen molar-refractivity contribution in [3.05, 3.63) is 69.6 Å².